The lowest BCUT2D eigenvalue weighted by atomic mass is 10.1. The summed E-state index contributed by atoms with van der Waals surface area (Å²) in [6.45, 7) is 8.75. The third-order valence-electron chi connectivity index (χ3n) is 3.08. The fourth-order valence-corrected chi connectivity index (χ4v) is 2.24. The van der Waals surface area contributed by atoms with Crippen molar-refractivity contribution in [1.29, 1.82) is 0 Å². The Balaban J connectivity index is 2.81. The van der Waals surface area contributed by atoms with Crippen LogP contribution in [-0.2, 0) is 9.47 Å². The van der Waals surface area contributed by atoms with Crippen molar-refractivity contribution in [2.75, 3.05) is 6.61 Å². The largest absolute Gasteiger partial charge is 0.444 e. The van der Waals surface area contributed by atoms with Gasteiger partial charge in [-0.1, -0.05) is 0 Å². The number of allylic oxidation sites excluding steroid dienone is 1. The predicted molar refractivity (Wildman–Crippen MR) is 77.5 cm³/mol. The van der Waals surface area contributed by atoms with Gasteiger partial charge in [-0.2, -0.15) is 0 Å². The van der Waals surface area contributed by atoms with Gasteiger partial charge >= 0.3 is 6.09 Å². The molecule has 1 rings (SSSR count). The Morgan fingerprint density at radius 1 is 1.59 bits per heavy atom. The normalized spacial score (nSPS) is 22.8. The number of hydrogen-bond acceptors (Lipinski definition) is 5. The van der Waals surface area contributed by atoms with Crippen LogP contribution in [0.15, 0.2) is 12.3 Å². The molecule has 0 aromatic carbocycles. The number of amides is 1. The Morgan fingerprint density at radius 3 is 2.68 bits per heavy atom. The van der Waals surface area contributed by atoms with Gasteiger partial charge in [-0.15, -0.1) is 0 Å². The molecule has 126 valence electrons. The molecule has 0 aliphatic carbocycles. The second-order valence-corrected chi connectivity index (χ2v) is 6.64. The molecule has 1 heterocycles. The van der Waals surface area contributed by atoms with Gasteiger partial charge in [0.05, 0.1) is 17.6 Å². The summed E-state index contributed by atoms with van der Waals surface area (Å²) in [6.07, 6.45) is -0.807. The second kappa shape index (κ2) is 6.60. The van der Waals surface area contributed by atoms with Crippen molar-refractivity contribution >= 4 is 6.09 Å². The van der Waals surface area contributed by atoms with Crippen LogP contribution in [0.25, 0.3) is 0 Å². The van der Waals surface area contributed by atoms with E-state index in [0.717, 1.165) is 6.08 Å². The molecule has 22 heavy (non-hydrogen) atoms. The van der Waals surface area contributed by atoms with Crippen molar-refractivity contribution in [2.24, 2.45) is 0 Å². The molecule has 7 nitrogen and oxygen atoms in total. The highest BCUT2D eigenvalue weighted by molar-refractivity contribution is 5.69. The van der Waals surface area contributed by atoms with Crippen LogP contribution < -0.4 is 0 Å². The molecule has 1 aliphatic heterocycles. The van der Waals surface area contributed by atoms with Crippen molar-refractivity contribution in [3.63, 3.8) is 0 Å². The van der Waals surface area contributed by atoms with Gasteiger partial charge in [0.15, 0.2) is 0 Å². The Bertz CT molecular complexity index is 459. The first kappa shape index (κ1) is 18.3. The fourth-order valence-electron chi connectivity index (χ4n) is 2.24. The van der Waals surface area contributed by atoms with E-state index in [-0.39, 0.29) is 13.0 Å². The fraction of sp³-hybridized carbons (Fsp3) is 0.786. The molecular weight excluding hydrogens is 295 g/mol. The summed E-state index contributed by atoms with van der Waals surface area (Å²) < 4.78 is 24.7. The Hall–Kier alpha value is -1.70. The van der Waals surface area contributed by atoms with Gasteiger partial charge in [0.2, 0.25) is 6.20 Å². The standard InChI is InChI=1S/C14H23FN2O5/c1-13(2,3)22-12(18)17-11(9-21-14(17,4)5)8-10(15)6-7-16(19)20/h6-7,10-11H,8-9H2,1-5H3/b7-6+/t10-,11+/m1/s1. The van der Waals surface area contributed by atoms with E-state index in [1.807, 2.05) is 0 Å². The van der Waals surface area contributed by atoms with Crippen molar-refractivity contribution in [3.05, 3.63) is 22.4 Å². The third-order valence-corrected chi connectivity index (χ3v) is 3.08. The molecule has 8 heteroatoms. The number of ether oxygens (including phenoxy) is 2. The number of alkyl halides is 1. The SMILES string of the molecule is CC(C)(C)OC(=O)N1[C@@H](C[C@H](F)/C=C/[N+](=O)[O-])COC1(C)C. The molecule has 2 atom stereocenters. The van der Waals surface area contributed by atoms with Gasteiger partial charge in [-0.3, -0.25) is 15.0 Å². The minimum absolute atomic E-state index is 0.0903. The first-order valence-electron chi connectivity index (χ1n) is 7.04. The van der Waals surface area contributed by atoms with Crippen LogP contribution in [0.2, 0.25) is 0 Å². The van der Waals surface area contributed by atoms with Crippen LogP contribution in [0.3, 0.4) is 0 Å². The van der Waals surface area contributed by atoms with Crippen LogP contribution in [0, 0.1) is 10.1 Å². The van der Waals surface area contributed by atoms with Gasteiger partial charge in [0.1, 0.15) is 17.5 Å². The van der Waals surface area contributed by atoms with Crippen molar-refractivity contribution in [1.82, 2.24) is 4.90 Å². The molecule has 0 bridgehead atoms. The quantitative estimate of drug-likeness (QED) is 0.588. The number of nitro groups is 1. The van der Waals surface area contributed by atoms with Gasteiger partial charge in [-0.05, 0) is 34.6 Å². The van der Waals surface area contributed by atoms with Crippen molar-refractivity contribution < 1.29 is 23.6 Å². The minimum atomic E-state index is -1.54. The molecule has 0 aromatic rings. The lowest BCUT2D eigenvalue weighted by Crippen LogP contribution is -2.50. The highest BCUT2D eigenvalue weighted by atomic mass is 19.1. The summed E-state index contributed by atoms with van der Waals surface area (Å²) in [7, 11) is 0. The molecule has 1 amide bonds. The van der Waals surface area contributed by atoms with E-state index in [1.165, 1.54) is 4.90 Å². The molecule has 0 radical (unpaired) electrons. The molecular formula is C14H23FN2O5. The zero-order chi connectivity index (χ0) is 17.1. The van der Waals surface area contributed by atoms with Crippen molar-refractivity contribution in [3.8, 4) is 0 Å². The number of nitrogens with zero attached hydrogens (tertiary/aromatic N) is 2. The number of carbonyl (C=O) groups is 1. The molecule has 0 spiro atoms. The van der Waals surface area contributed by atoms with Crippen LogP contribution in [-0.4, -0.2) is 46.1 Å². The molecule has 0 saturated carbocycles. The van der Waals surface area contributed by atoms with E-state index in [2.05, 4.69) is 0 Å². The van der Waals surface area contributed by atoms with Crippen LogP contribution in [0.4, 0.5) is 9.18 Å². The topological polar surface area (TPSA) is 81.9 Å². The zero-order valence-corrected chi connectivity index (χ0v) is 13.5. The Kier molecular flexibility index (Phi) is 5.50. The average Bonchev–Trinajstić information content (AvgIpc) is 2.59. The molecule has 1 saturated heterocycles. The lowest BCUT2D eigenvalue weighted by molar-refractivity contribution is -0.402. The first-order valence-corrected chi connectivity index (χ1v) is 7.04. The van der Waals surface area contributed by atoms with Crippen LogP contribution in [0.1, 0.15) is 41.0 Å². The maximum atomic E-state index is 13.8. The molecule has 0 unspecified atom stereocenters. The van der Waals surface area contributed by atoms with E-state index in [4.69, 9.17) is 9.47 Å². The maximum Gasteiger partial charge on any atom is 0.412 e. The Morgan fingerprint density at radius 2 is 2.18 bits per heavy atom. The smallest absolute Gasteiger partial charge is 0.412 e. The summed E-state index contributed by atoms with van der Waals surface area (Å²) in [5.41, 5.74) is -1.60. The van der Waals surface area contributed by atoms with E-state index in [0.29, 0.717) is 6.20 Å². The van der Waals surface area contributed by atoms with E-state index in [9.17, 15) is 19.3 Å². The molecule has 1 fully saturated rings. The first-order chi connectivity index (χ1) is 9.92. The average molecular weight is 318 g/mol. The van der Waals surface area contributed by atoms with Gasteiger partial charge in [0, 0.05) is 12.5 Å². The predicted octanol–water partition coefficient (Wildman–Crippen LogP) is 2.88. The number of hydrogen-bond donors (Lipinski definition) is 0. The van der Waals surface area contributed by atoms with E-state index >= 15 is 0 Å². The Labute approximate surface area is 129 Å². The minimum Gasteiger partial charge on any atom is -0.444 e. The van der Waals surface area contributed by atoms with Gasteiger partial charge < -0.3 is 9.47 Å². The summed E-state index contributed by atoms with van der Waals surface area (Å²) in [6, 6.07) is -0.545. The van der Waals surface area contributed by atoms with Gasteiger partial charge in [0.25, 0.3) is 0 Å². The van der Waals surface area contributed by atoms with E-state index < -0.39 is 34.6 Å². The molecule has 0 N–H and O–H groups in total. The number of rotatable bonds is 4. The molecule has 0 aromatic heterocycles. The van der Waals surface area contributed by atoms with Crippen LogP contribution in [0.5, 0.6) is 0 Å². The summed E-state index contributed by atoms with van der Waals surface area (Å²) >= 11 is 0. The molecule has 1 aliphatic rings. The highest BCUT2D eigenvalue weighted by Crippen LogP contribution is 2.31. The monoisotopic (exact) mass is 318 g/mol. The second-order valence-electron chi connectivity index (χ2n) is 6.64. The summed E-state index contributed by atoms with van der Waals surface area (Å²) in [5.74, 6) is 0. The number of halogens is 1. The highest BCUT2D eigenvalue weighted by Gasteiger charge is 2.46. The van der Waals surface area contributed by atoms with Gasteiger partial charge in [-0.25, -0.2) is 9.18 Å². The third kappa shape index (κ3) is 5.25. The summed E-state index contributed by atoms with van der Waals surface area (Å²) in [4.78, 5) is 23.1. The summed E-state index contributed by atoms with van der Waals surface area (Å²) in [5, 5.41) is 10.2. The zero-order valence-electron chi connectivity index (χ0n) is 13.5. The lowest BCUT2D eigenvalue weighted by Gasteiger charge is -2.35. The van der Waals surface area contributed by atoms with Crippen molar-refractivity contribution in [2.45, 2.75) is 64.6 Å². The van der Waals surface area contributed by atoms with E-state index in [1.54, 1.807) is 34.6 Å². The maximum absolute atomic E-state index is 13.8. The van der Waals surface area contributed by atoms with Crippen LogP contribution >= 0.6 is 0 Å². The number of carbonyl (C=O) groups excluding carboxylic acids is 1.